The second-order valence-electron chi connectivity index (χ2n) is 5.74. The highest BCUT2D eigenvalue weighted by atomic mass is 19.1. The fourth-order valence-electron chi connectivity index (χ4n) is 1.96. The molecule has 0 aliphatic carbocycles. The summed E-state index contributed by atoms with van der Waals surface area (Å²) in [6, 6.07) is 9.47. The Morgan fingerprint density at radius 3 is 2.17 bits per heavy atom. The molecule has 6 N–H and O–H groups in total. The van der Waals surface area contributed by atoms with Gasteiger partial charge >= 0.3 is 18.0 Å². The van der Waals surface area contributed by atoms with E-state index in [1.54, 1.807) is 31.2 Å². The van der Waals surface area contributed by atoms with E-state index in [4.69, 9.17) is 20.7 Å². The van der Waals surface area contributed by atoms with Crippen LogP contribution in [0.2, 0.25) is 0 Å². The zero-order valence-electron chi connectivity index (χ0n) is 16.2. The number of amides is 1. The summed E-state index contributed by atoms with van der Waals surface area (Å²) in [4.78, 5) is 34.7. The maximum absolute atomic E-state index is 12.8. The molecule has 0 bridgehead atoms. The first-order valence-corrected chi connectivity index (χ1v) is 8.83. The summed E-state index contributed by atoms with van der Waals surface area (Å²) in [7, 11) is 0. The Labute approximate surface area is 171 Å². The van der Waals surface area contributed by atoms with Crippen molar-refractivity contribution in [1.82, 2.24) is 4.98 Å². The van der Waals surface area contributed by atoms with Crippen LogP contribution in [0.15, 0.2) is 36.4 Å². The Balaban J connectivity index is 0.000000479. The van der Waals surface area contributed by atoms with Crippen LogP contribution < -0.4 is 16.4 Å². The van der Waals surface area contributed by atoms with Crippen LogP contribution in [0.5, 0.6) is 0 Å². The van der Waals surface area contributed by atoms with Gasteiger partial charge in [-0.1, -0.05) is 12.1 Å². The molecule has 0 radical (unpaired) electrons. The Morgan fingerprint density at radius 2 is 1.67 bits per heavy atom. The van der Waals surface area contributed by atoms with E-state index in [1.807, 2.05) is 0 Å². The highest BCUT2D eigenvalue weighted by Gasteiger charge is 2.07. The number of carboxylic acid groups (broad SMARTS) is 2. The number of anilines is 3. The molecule has 0 aliphatic heterocycles. The van der Waals surface area contributed by atoms with E-state index in [9.17, 15) is 18.8 Å². The van der Waals surface area contributed by atoms with Gasteiger partial charge in [0, 0.05) is 6.54 Å². The fourth-order valence-corrected chi connectivity index (χ4v) is 1.96. The SMILES string of the molecule is CCOC(=O)Nc1ccc(NCc2ccc(F)cc2)nc1N.O=C(O)CCC(=O)O. The van der Waals surface area contributed by atoms with Crippen LogP contribution >= 0.6 is 0 Å². The molecule has 10 nitrogen and oxygen atoms in total. The molecular weight excluding hydrogens is 399 g/mol. The molecule has 1 amide bonds. The van der Waals surface area contributed by atoms with Crippen molar-refractivity contribution in [3.05, 3.63) is 47.8 Å². The van der Waals surface area contributed by atoms with Crippen LogP contribution in [0.4, 0.5) is 26.5 Å². The Kier molecular flexibility index (Phi) is 10.1. The summed E-state index contributed by atoms with van der Waals surface area (Å²) in [6.45, 7) is 2.47. The van der Waals surface area contributed by atoms with Crippen LogP contribution in [0.3, 0.4) is 0 Å². The topological polar surface area (TPSA) is 164 Å². The zero-order chi connectivity index (χ0) is 22.5. The van der Waals surface area contributed by atoms with Crippen molar-refractivity contribution < 1.29 is 33.7 Å². The summed E-state index contributed by atoms with van der Waals surface area (Å²) in [5.41, 5.74) is 7.08. The van der Waals surface area contributed by atoms with Gasteiger partial charge < -0.3 is 26.0 Å². The van der Waals surface area contributed by atoms with Gasteiger partial charge in [-0.25, -0.2) is 14.2 Å². The quantitative estimate of drug-likeness (QED) is 0.430. The number of nitrogens with zero attached hydrogens (tertiary/aromatic N) is 1. The van der Waals surface area contributed by atoms with Crippen LogP contribution in [-0.2, 0) is 20.9 Å². The largest absolute Gasteiger partial charge is 0.481 e. The van der Waals surface area contributed by atoms with E-state index in [0.29, 0.717) is 18.1 Å². The van der Waals surface area contributed by atoms with Gasteiger partial charge in [-0.15, -0.1) is 0 Å². The van der Waals surface area contributed by atoms with Crippen molar-refractivity contribution in [2.45, 2.75) is 26.3 Å². The fraction of sp³-hybridized carbons (Fsp3) is 0.263. The molecule has 0 unspecified atom stereocenters. The van der Waals surface area contributed by atoms with Crippen molar-refractivity contribution in [2.24, 2.45) is 0 Å². The molecular formula is C19H23FN4O6. The standard InChI is InChI=1S/C15H17FN4O2.C4H6O4/c1-2-22-15(21)19-12-7-8-13(20-14(12)17)18-9-10-3-5-11(16)6-4-10;5-3(6)1-2-4(7)8/h3-8H,2,9H2,1H3,(H,19,21)(H3,17,18,20);1-2H2,(H,5,6)(H,7,8). The lowest BCUT2D eigenvalue weighted by atomic mass is 10.2. The molecule has 2 aromatic rings. The second kappa shape index (κ2) is 12.5. The highest BCUT2D eigenvalue weighted by Crippen LogP contribution is 2.19. The summed E-state index contributed by atoms with van der Waals surface area (Å²) in [5, 5.41) is 21.4. The third-order valence-electron chi connectivity index (χ3n) is 3.38. The number of hydrogen-bond donors (Lipinski definition) is 5. The number of pyridine rings is 1. The van der Waals surface area contributed by atoms with Gasteiger partial charge in [-0.2, -0.15) is 0 Å². The van der Waals surface area contributed by atoms with E-state index in [-0.39, 0.29) is 31.1 Å². The second-order valence-corrected chi connectivity index (χ2v) is 5.74. The first-order chi connectivity index (χ1) is 14.2. The molecule has 0 atom stereocenters. The Morgan fingerprint density at radius 1 is 1.07 bits per heavy atom. The van der Waals surface area contributed by atoms with E-state index in [1.165, 1.54) is 12.1 Å². The lowest BCUT2D eigenvalue weighted by Crippen LogP contribution is -2.15. The molecule has 0 saturated carbocycles. The van der Waals surface area contributed by atoms with Crippen molar-refractivity contribution in [1.29, 1.82) is 0 Å². The predicted molar refractivity (Wildman–Crippen MR) is 108 cm³/mol. The first-order valence-electron chi connectivity index (χ1n) is 8.83. The highest BCUT2D eigenvalue weighted by molar-refractivity contribution is 5.88. The number of carboxylic acids is 2. The molecule has 0 spiro atoms. The van der Waals surface area contributed by atoms with Gasteiger partial charge in [-0.3, -0.25) is 14.9 Å². The molecule has 162 valence electrons. The van der Waals surface area contributed by atoms with E-state index in [0.717, 1.165) is 5.56 Å². The summed E-state index contributed by atoms with van der Waals surface area (Å²) >= 11 is 0. The van der Waals surface area contributed by atoms with Gasteiger partial charge in [0.2, 0.25) is 0 Å². The average molecular weight is 422 g/mol. The van der Waals surface area contributed by atoms with Gasteiger partial charge in [0.25, 0.3) is 0 Å². The summed E-state index contributed by atoms with van der Waals surface area (Å²) < 4.78 is 17.6. The van der Waals surface area contributed by atoms with Gasteiger partial charge in [0.15, 0.2) is 0 Å². The molecule has 1 aromatic carbocycles. The maximum atomic E-state index is 12.8. The number of nitrogens with one attached hydrogen (secondary N) is 2. The van der Waals surface area contributed by atoms with Crippen LogP contribution in [0.1, 0.15) is 25.3 Å². The van der Waals surface area contributed by atoms with Crippen LogP contribution in [-0.4, -0.2) is 39.8 Å². The number of aromatic nitrogens is 1. The van der Waals surface area contributed by atoms with Crippen molar-refractivity contribution in [3.8, 4) is 0 Å². The monoisotopic (exact) mass is 422 g/mol. The van der Waals surface area contributed by atoms with Crippen LogP contribution in [0.25, 0.3) is 0 Å². The number of carbonyl (C=O) groups is 3. The van der Waals surface area contributed by atoms with Gasteiger partial charge in [0.1, 0.15) is 17.5 Å². The third-order valence-corrected chi connectivity index (χ3v) is 3.38. The Bertz CT molecular complexity index is 847. The molecule has 0 saturated heterocycles. The molecule has 1 heterocycles. The van der Waals surface area contributed by atoms with E-state index >= 15 is 0 Å². The number of rotatable bonds is 8. The van der Waals surface area contributed by atoms with E-state index < -0.39 is 18.0 Å². The number of halogens is 1. The molecule has 0 fully saturated rings. The molecule has 30 heavy (non-hydrogen) atoms. The third kappa shape index (κ3) is 9.88. The number of aliphatic carboxylic acids is 2. The lowest BCUT2D eigenvalue weighted by Gasteiger charge is -2.10. The summed E-state index contributed by atoms with van der Waals surface area (Å²) in [6.07, 6.45) is -1.17. The number of benzene rings is 1. The molecule has 1 aromatic heterocycles. The van der Waals surface area contributed by atoms with Crippen molar-refractivity contribution >= 4 is 35.4 Å². The predicted octanol–water partition coefficient (Wildman–Crippen LogP) is 2.92. The smallest absolute Gasteiger partial charge is 0.411 e. The first kappa shape index (κ1) is 24.1. The lowest BCUT2D eigenvalue weighted by molar-refractivity contribution is -0.143. The maximum Gasteiger partial charge on any atom is 0.411 e. The molecule has 2 rings (SSSR count). The molecule has 0 aliphatic rings. The summed E-state index contributed by atoms with van der Waals surface area (Å²) in [5.74, 6) is -1.70. The number of carbonyl (C=O) groups excluding carboxylic acids is 1. The minimum absolute atomic E-state index is 0.178. The minimum Gasteiger partial charge on any atom is -0.481 e. The van der Waals surface area contributed by atoms with Gasteiger partial charge in [0.05, 0.1) is 25.1 Å². The van der Waals surface area contributed by atoms with E-state index in [2.05, 4.69) is 15.6 Å². The van der Waals surface area contributed by atoms with Crippen molar-refractivity contribution in [3.63, 3.8) is 0 Å². The molecule has 11 heteroatoms. The Hall–Kier alpha value is -3.89. The number of nitrogens with two attached hydrogens (primary N) is 1. The van der Waals surface area contributed by atoms with Crippen molar-refractivity contribution in [2.75, 3.05) is 23.0 Å². The minimum atomic E-state index is -1.08. The number of ether oxygens (including phenoxy) is 1. The zero-order valence-corrected chi connectivity index (χ0v) is 16.2. The normalized spacial score (nSPS) is 9.67. The van der Waals surface area contributed by atoms with Crippen LogP contribution in [0, 0.1) is 5.82 Å². The number of nitrogen functional groups attached to an aromatic ring is 1. The average Bonchev–Trinajstić information content (AvgIpc) is 2.68. The van der Waals surface area contributed by atoms with Gasteiger partial charge in [-0.05, 0) is 36.8 Å². The number of hydrogen-bond acceptors (Lipinski definition) is 7.